The van der Waals surface area contributed by atoms with Crippen molar-refractivity contribution in [3.8, 4) is 11.8 Å². The molecule has 2 aromatic carbocycles. The fraction of sp³-hybridized carbons (Fsp3) is 0.405. The highest BCUT2D eigenvalue weighted by molar-refractivity contribution is 7.17. The molecule has 1 amide bonds. The minimum absolute atomic E-state index is 0.0287. The van der Waals surface area contributed by atoms with Gasteiger partial charge >= 0.3 is 0 Å². The summed E-state index contributed by atoms with van der Waals surface area (Å²) in [5.74, 6) is 6.70. The van der Waals surface area contributed by atoms with Gasteiger partial charge < -0.3 is 20.6 Å². The number of amidine groups is 2. The Kier molecular flexibility index (Phi) is 11.7. The van der Waals surface area contributed by atoms with Gasteiger partial charge in [0.2, 0.25) is 5.91 Å². The molecule has 48 heavy (non-hydrogen) atoms. The zero-order chi connectivity index (χ0) is 34.4. The molecule has 1 saturated heterocycles. The summed E-state index contributed by atoms with van der Waals surface area (Å²) in [5, 5.41) is 29.3. The van der Waals surface area contributed by atoms with Crippen LogP contribution < -0.4 is 15.5 Å². The summed E-state index contributed by atoms with van der Waals surface area (Å²) >= 11 is 7.76. The molecule has 0 radical (unpaired) electrons. The Morgan fingerprint density at radius 3 is 2.50 bits per heavy atom. The number of halogens is 1. The van der Waals surface area contributed by atoms with Gasteiger partial charge in [-0.15, -0.1) is 11.3 Å². The number of anilines is 2. The maximum Gasteiger partial charge on any atom is 0.225 e. The number of fused-ring (bicyclic) bond motifs is 1. The lowest BCUT2D eigenvalue weighted by atomic mass is 9.99. The number of amides is 1. The molecular formula is C37H44ClN7O2S. The van der Waals surface area contributed by atoms with Crippen molar-refractivity contribution >= 4 is 56.9 Å². The molecule has 1 fully saturated rings. The van der Waals surface area contributed by atoms with E-state index in [1.165, 1.54) is 11.3 Å². The number of carbonyl (C=O) groups is 1. The first-order chi connectivity index (χ1) is 23.1. The number of nitrogens with one attached hydrogen (secondary N) is 2. The largest absolute Gasteiger partial charge is 0.392 e. The van der Waals surface area contributed by atoms with Gasteiger partial charge in [-0.3, -0.25) is 25.5 Å². The van der Waals surface area contributed by atoms with E-state index in [0.717, 1.165) is 69.1 Å². The Morgan fingerprint density at radius 1 is 1.10 bits per heavy atom. The summed E-state index contributed by atoms with van der Waals surface area (Å²) in [5.41, 5.74) is 11.7. The molecule has 5 N–H and O–H groups in total. The summed E-state index contributed by atoms with van der Waals surface area (Å²) in [4.78, 5) is 25.7. The summed E-state index contributed by atoms with van der Waals surface area (Å²) in [6, 6.07) is 12.7. The van der Waals surface area contributed by atoms with Gasteiger partial charge in [0.05, 0.1) is 18.7 Å². The molecule has 1 aromatic heterocycles. The molecule has 1 atom stereocenters. The molecule has 3 heterocycles. The molecule has 0 aliphatic carbocycles. The first-order valence-corrected chi connectivity index (χ1v) is 17.7. The predicted octanol–water partition coefficient (Wildman–Crippen LogP) is 6.12. The fourth-order valence-corrected chi connectivity index (χ4v) is 7.47. The van der Waals surface area contributed by atoms with E-state index in [-0.39, 0.29) is 30.6 Å². The highest BCUT2D eigenvalue weighted by Crippen LogP contribution is 2.40. The zero-order valence-corrected chi connectivity index (χ0v) is 29.5. The third kappa shape index (κ3) is 7.82. The number of piperazine rings is 1. The number of benzene rings is 2. The van der Waals surface area contributed by atoms with Crippen LogP contribution in [0.3, 0.4) is 0 Å². The number of unbranched alkanes of at least 4 members (excludes halogenated alkanes) is 3. The standard InChI is InChI=1S/C37H44ClN7O2S/c1-24-25(2)48-37-34(24)35(28-10-13-30(38)14-11-28)42-32(36(41)45(37)26(3)40)22-33(47)44-19-17-43(18-20-44)31-15-12-27(29(21-31)23-46)9-7-5-4-6-8-16-39/h10-15,21,32,40-41,46H,4-6,8,16-20,22-23,39H2,1-3H3/t32-/m0/s1. The van der Waals surface area contributed by atoms with Crippen molar-refractivity contribution in [1.29, 1.82) is 10.8 Å². The normalized spacial score (nSPS) is 16.2. The predicted molar refractivity (Wildman–Crippen MR) is 198 cm³/mol. The number of aryl methyl sites for hydroxylation is 1. The Morgan fingerprint density at radius 2 is 1.83 bits per heavy atom. The highest BCUT2D eigenvalue weighted by Gasteiger charge is 2.36. The van der Waals surface area contributed by atoms with Crippen molar-refractivity contribution < 1.29 is 9.90 Å². The van der Waals surface area contributed by atoms with E-state index in [4.69, 9.17) is 27.7 Å². The average Bonchev–Trinajstić information content (AvgIpc) is 3.30. The number of rotatable bonds is 9. The lowest BCUT2D eigenvalue weighted by molar-refractivity contribution is -0.131. The molecule has 252 valence electrons. The molecule has 0 spiro atoms. The number of aliphatic imine (C=N–C) groups is 1. The number of carbonyl (C=O) groups excluding carboxylic acids is 1. The fourth-order valence-electron chi connectivity index (χ4n) is 6.12. The van der Waals surface area contributed by atoms with Crippen LogP contribution in [-0.4, -0.2) is 72.1 Å². The number of nitrogens with zero attached hydrogens (tertiary/aromatic N) is 4. The van der Waals surface area contributed by atoms with E-state index >= 15 is 0 Å². The van der Waals surface area contributed by atoms with Gasteiger partial charge in [-0.05, 0) is 81.6 Å². The van der Waals surface area contributed by atoms with Gasteiger partial charge in [0.1, 0.15) is 22.7 Å². The molecule has 5 rings (SSSR count). The molecule has 2 aliphatic rings. The molecular weight excluding hydrogens is 642 g/mol. The van der Waals surface area contributed by atoms with Crippen molar-refractivity contribution in [2.75, 3.05) is 42.5 Å². The van der Waals surface area contributed by atoms with Crippen molar-refractivity contribution in [1.82, 2.24) is 4.90 Å². The maximum atomic E-state index is 13.8. The van der Waals surface area contributed by atoms with Crippen LogP contribution in [0.5, 0.6) is 0 Å². The molecule has 0 bridgehead atoms. The minimum Gasteiger partial charge on any atom is -0.392 e. The monoisotopic (exact) mass is 685 g/mol. The summed E-state index contributed by atoms with van der Waals surface area (Å²) in [6.07, 6.45) is 3.94. The molecule has 3 aromatic rings. The number of thiophene rings is 1. The molecule has 11 heteroatoms. The second kappa shape index (κ2) is 15.9. The van der Waals surface area contributed by atoms with Crippen molar-refractivity contribution in [3.05, 3.63) is 80.2 Å². The van der Waals surface area contributed by atoms with E-state index in [9.17, 15) is 15.3 Å². The average molecular weight is 686 g/mol. The van der Waals surface area contributed by atoms with Crippen LogP contribution in [0.25, 0.3) is 0 Å². The van der Waals surface area contributed by atoms with Gasteiger partial charge in [-0.2, -0.15) is 0 Å². The molecule has 2 aliphatic heterocycles. The lowest BCUT2D eigenvalue weighted by Gasteiger charge is -2.37. The lowest BCUT2D eigenvalue weighted by Crippen LogP contribution is -2.50. The van der Waals surface area contributed by atoms with Crippen LogP contribution in [0, 0.1) is 36.5 Å². The number of nitrogens with two attached hydrogens (primary N) is 1. The number of hydrogen-bond acceptors (Lipinski definition) is 8. The van der Waals surface area contributed by atoms with Crippen molar-refractivity contribution in [3.63, 3.8) is 0 Å². The van der Waals surface area contributed by atoms with E-state index in [1.807, 2.05) is 61.2 Å². The summed E-state index contributed by atoms with van der Waals surface area (Å²) in [6.45, 7) is 8.71. The van der Waals surface area contributed by atoms with Crippen LogP contribution in [0.1, 0.15) is 71.7 Å². The quantitative estimate of drug-likeness (QED) is 0.0933. The van der Waals surface area contributed by atoms with E-state index < -0.39 is 6.04 Å². The third-order valence-corrected chi connectivity index (χ3v) is 10.4. The SMILES string of the molecule is CC(=N)N1C(=N)[C@H](CC(=O)N2CCN(c3ccc(C#CCCCCCN)c(CO)c3)CC2)N=C(c2ccc(Cl)cc2)c2c1sc(C)c2C. The number of hydrogen-bond donors (Lipinski definition) is 4. The van der Waals surface area contributed by atoms with Gasteiger partial charge in [0.25, 0.3) is 0 Å². The van der Waals surface area contributed by atoms with Crippen LogP contribution in [0.4, 0.5) is 10.7 Å². The van der Waals surface area contributed by atoms with Crippen LogP contribution in [-0.2, 0) is 11.4 Å². The van der Waals surface area contributed by atoms with Crippen molar-refractivity contribution in [2.45, 2.75) is 65.5 Å². The van der Waals surface area contributed by atoms with Crippen LogP contribution >= 0.6 is 22.9 Å². The smallest absolute Gasteiger partial charge is 0.225 e. The first kappa shape index (κ1) is 35.3. The summed E-state index contributed by atoms with van der Waals surface area (Å²) < 4.78 is 0. The van der Waals surface area contributed by atoms with Gasteiger partial charge in [0, 0.05) is 64.9 Å². The number of aliphatic hydroxyl groups is 1. The van der Waals surface area contributed by atoms with Gasteiger partial charge in [-0.1, -0.05) is 42.0 Å². The Hall–Kier alpha value is -4.01. The Labute approximate surface area is 292 Å². The van der Waals surface area contributed by atoms with Gasteiger partial charge in [0.15, 0.2) is 0 Å². The Balaban J connectivity index is 1.31. The second-order valence-corrected chi connectivity index (χ2v) is 13.9. The molecule has 0 unspecified atom stereocenters. The maximum absolute atomic E-state index is 13.8. The van der Waals surface area contributed by atoms with E-state index in [1.54, 1.807) is 11.8 Å². The Bertz CT molecular complexity index is 1760. The van der Waals surface area contributed by atoms with Crippen molar-refractivity contribution in [2.24, 2.45) is 10.7 Å². The minimum atomic E-state index is -0.762. The van der Waals surface area contributed by atoms with Gasteiger partial charge in [-0.25, -0.2) is 0 Å². The van der Waals surface area contributed by atoms with E-state index in [0.29, 0.717) is 43.5 Å². The topological polar surface area (TPSA) is 133 Å². The van der Waals surface area contributed by atoms with Crippen LogP contribution in [0.2, 0.25) is 5.02 Å². The second-order valence-electron chi connectivity index (χ2n) is 12.2. The van der Waals surface area contributed by atoms with E-state index in [2.05, 4.69) is 16.7 Å². The third-order valence-electron chi connectivity index (χ3n) is 8.95. The molecule has 9 nitrogen and oxygen atoms in total. The zero-order valence-electron chi connectivity index (χ0n) is 27.9. The first-order valence-electron chi connectivity index (χ1n) is 16.5. The highest BCUT2D eigenvalue weighted by atomic mass is 35.5. The summed E-state index contributed by atoms with van der Waals surface area (Å²) in [7, 11) is 0. The van der Waals surface area contributed by atoms with Crippen LogP contribution in [0.15, 0.2) is 47.5 Å². The number of aliphatic hydroxyl groups excluding tert-OH is 1. The molecule has 0 saturated carbocycles.